The zero-order valence-electron chi connectivity index (χ0n) is 14.3. The van der Waals surface area contributed by atoms with Crippen molar-refractivity contribution in [2.45, 2.75) is 32.7 Å². The van der Waals surface area contributed by atoms with Crippen molar-refractivity contribution in [3.63, 3.8) is 0 Å². The molecule has 1 saturated heterocycles. The standard InChI is InChI=1S/C18H21ClN4OS/c1-11-5-4-8-22(10-11)15(13-6-3-7-14(19)9-13)16-17(24)23-18(25-16)20-12(2)21-23/h3,6-7,9,11,15,24H,4-5,8,10H2,1-2H3. The summed E-state index contributed by atoms with van der Waals surface area (Å²) in [7, 11) is 0. The number of thiazole rings is 1. The second-order valence-corrected chi connectivity index (χ2v) is 8.29. The number of benzene rings is 1. The summed E-state index contributed by atoms with van der Waals surface area (Å²) >= 11 is 7.76. The number of hydrogen-bond donors (Lipinski definition) is 1. The molecule has 0 aliphatic carbocycles. The van der Waals surface area contributed by atoms with Crippen LogP contribution in [-0.4, -0.2) is 37.7 Å². The molecule has 1 N–H and O–H groups in total. The monoisotopic (exact) mass is 376 g/mol. The lowest BCUT2D eigenvalue weighted by Crippen LogP contribution is -2.37. The number of likely N-dealkylation sites (tertiary alicyclic amines) is 1. The van der Waals surface area contributed by atoms with Crippen molar-refractivity contribution in [1.82, 2.24) is 19.5 Å². The number of halogens is 1. The minimum atomic E-state index is -0.0322. The van der Waals surface area contributed by atoms with Crippen LogP contribution in [-0.2, 0) is 0 Å². The average molecular weight is 377 g/mol. The Morgan fingerprint density at radius 1 is 1.40 bits per heavy atom. The molecule has 3 aromatic rings. The fraction of sp³-hybridized carbons (Fsp3) is 0.444. The second kappa shape index (κ2) is 6.59. The van der Waals surface area contributed by atoms with Crippen LogP contribution in [0.1, 0.15) is 42.1 Å². The van der Waals surface area contributed by atoms with Gasteiger partial charge in [-0.15, -0.1) is 5.10 Å². The van der Waals surface area contributed by atoms with Gasteiger partial charge < -0.3 is 5.11 Å². The number of aromatic hydroxyl groups is 1. The molecular weight excluding hydrogens is 356 g/mol. The van der Waals surface area contributed by atoms with Crippen LogP contribution in [0.4, 0.5) is 0 Å². The topological polar surface area (TPSA) is 53.7 Å². The Morgan fingerprint density at radius 2 is 2.24 bits per heavy atom. The van der Waals surface area contributed by atoms with Gasteiger partial charge in [-0.25, -0.2) is 4.98 Å². The van der Waals surface area contributed by atoms with Gasteiger partial charge in [-0.1, -0.05) is 42.0 Å². The van der Waals surface area contributed by atoms with Gasteiger partial charge in [0.15, 0.2) is 0 Å². The number of rotatable bonds is 3. The number of nitrogens with zero attached hydrogens (tertiary/aromatic N) is 4. The fourth-order valence-corrected chi connectivity index (χ4v) is 5.05. The third-order valence-corrected chi connectivity index (χ3v) is 6.08. The highest BCUT2D eigenvalue weighted by atomic mass is 35.5. The van der Waals surface area contributed by atoms with E-state index in [0.29, 0.717) is 16.8 Å². The van der Waals surface area contributed by atoms with E-state index < -0.39 is 0 Å². The van der Waals surface area contributed by atoms with Gasteiger partial charge in [0.05, 0.1) is 10.9 Å². The lowest BCUT2D eigenvalue weighted by atomic mass is 9.95. The maximum Gasteiger partial charge on any atom is 0.230 e. The largest absolute Gasteiger partial charge is 0.492 e. The van der Waals surface area contributed by atoms with E-state index in [0.717, 1.165) is 28.5 Å². The van der Waals surface area contributed by atoms with Gasteiger partial charge in [-0.05, 0) is 49.9 Å². The molecule has 1 aliphatic rings. The first-order valence-electron chi connectivity index (χ1n) is 8.57. The van der Waals surface area contributed by atoms with Crippen molar-refractivity contribution in [1.29, 1.82) is 0 Å². The van der Waals surface area contributed by atoms with Crippen molar-refractivity contribution >= 4 is 27.9 Å². The molecule has 0 bridgehead atoms. The SMILES string of the molecule is Cc1nc2sc(C(c3cccc(Cl)c3)N3CCCC(C)C3)c(O)n2n1. The normalized spacial score (nSPS) is 20.2. The van der Waals surface area contributed by atoms with Crippen LogP contribution in [0.2, 0.25) is 5.02 Å². The molecule has 25 heavy (non-hydrogen) atoms. The van der Waals surface area contributed by atoms with E-state index in [2.05, 4.69) is 28.0 Å². The molecule has 0 saturated carbocycles. The summed E-state index contributed by atoms with van der Waals surface area (Å²) in [4.78, 5) is 8.46. The van der Waals surface area contributed by atoms with Crippen LogP contribution < -0.4 is 0 Å². The first-order valence-corrected chi connectivity index (χ1v) is 9.77. The molecule has 132 valence electrons. The van der Waals surface area contributed by atoms with E-state index in [4.69, 9.17) is 11.6 Å². The Hall–Kier alpha value is -1.63. The molecular formula is C18H21ClN4OS. The van der Waals surface area contributed by atoms with Gasteiger partial charge in [0.1, 0.15) is 5.82 Å². The highest BCUT2D eigenvalue weighted by Crippen LogP contribution is 2.41. The first-order chi connectivity index (χ1) is 12.0. The van der Waals surface area contributed by atoms with Crippen molar-refractivity contribution in [2.75, 3.05) is 13.1 Å². The van der Waals surface area contributed by atoms with E-state index in [-0.39, 0.29) is 11.9 Å². The summed E-state index contributed by atoms with van der Waals surface area (Å²) in [5.41, 5.74) is 1.10. The Morgan fingerprint density at radius 3 is 2.96 bits per heavy atom. The third kappa shape index (κ3) is 3.14. The quantitative estimate of drug-likeness (QED) is 0.741. The predicted octanol–water partition coefficient (Wildman–Crippen LogP) is 4.28. The number of fused-ring (bicyclic) bond motifs is 1. The average Bonchev–Trinajstić information content (AvgIpc) is 3.06. The lowest BCUT2D eigenvalue weighted by Gasteiger charge is -2.37. The van der Waals surface area contributed by atoms with Gasteiger partial charge in [0.25, 0.3) is 0 Å². The lowest BCUT2D eigenvalue weighted by molar-refractivity contribution is 0.149. The molecule has 2 atom stereocenters. The van der Waals surface area contributed by atoms with E-state index in [1.54, 1.807) is 4.52 Å². The molecule has 0 radical (unpaired) electrons. The maximum atomic E-state index is 10.8. The van der Waals surface area contributed by atoms with Gasteiger partial charge in [-0.3, -0.25) is 4.90 Å². The predicted molar refractivity (Wildman–Crippen MR) is 101 cm³/mol. The molecule has 1 fully saturated rings. The van der Waals surface area contributed by atoms with Crippen molar-refractivity contribution in [2.24, 2.45) is 5.92 Å². The molecule has 3 heterocycles. The van der Waals surface area contributed by atoms with Crippen LogP contribution in [0.5, 0.6) is 5.88 Å². The summed E-state index contributed by atoms with van der Waals surface area (Å²) in [6, 6.07) is 7.89. The molecule has 4 rings (SSSR count). The molecule has 5 nitrogen and oxygen atoms in total. The Bertz CT molecular complexity index is 906. The summed E-state index contributed by atoms with van der Waals surface area (Å²) < 4.78 is 1.54. The Labute approximate surface area is 155 Å². The third-order valence-electron chi connectivity index (χ3n) is 4.77. The van der Waals surface area contributed by atoms with Crippen LogP contribution >= 0.6 is 22.9 Å². The van der Waals surface area contributed by atoms with E-state index >= 15 is 0 Å². The van der Waals surface area contributed by atoms with Crippen LogP contribution in [0.3, 0.4) is 0 Å². The van der Waals surface area contributed by atoms with Gasteiger partial charge in [0, 0.05) is 11.6 Å². The summed E-state index contributed by atoms with van der Waals surface area (Å²) in [5, 5.41) is 15.8. The number of aromatic nitrogens is 3. The first kappa shape index (κ1) is 16.8. The minimum Gasteiger partial charge on any atom is -0.492 e. The molecule has 7 heteroatoms. The summed E-state index contributed by atoms with van der Waals surface area (Å²) in [6.45, 7) is 6.13. The number of aryl methyl sites for hydroxylation is 1. The zero-order chi connectivity index (χ0) is 17.6. The highest BCUT2D eigenvalue weighted by Gasteiger charge is 2.31. The van der Waals surface area contributed by atoms with Gasteiger partial charge >= 0.3 is 0 Å². The smallest absolute Gasteiger partial charge is 0.230 e. The highest BCUT2D eigenvalue weighted by molar-refractivity contribution is 7.17. The van der Waals surface area contributed by atoms with E-state index in [9.17, 15) is 5.11 Å². The maximum absolute atomic E-state index is 10.8. The van der Waals surface area contributed by atoms with Crippen LogP contribution in [0.15, 0.2) is 24.3 Å². The molecule has 1 aliphatic heterocycles. The Balaban J connectivity index is 1.83. The van der Waals surface area contributed by atoms with Crippen molar-refractivity contribution in [3.8, 4) is 5.88 Å². The van der Waals surface area contributed by atoms with E-state index in [1.807, 2.05) is 25.1 Å². The van der Waals surface area contributed by atoms with Gasteiger partial charge in [0.2, 0.25) is 10.8 Å². The summed E-state index contributed by atoms with van der Waals surface area (Å²) in [5.74, 6) is 1.49. The number of hydrogen-bond acceptors (Lipinski definition) is 5. The van der Waals surface area contributed by atoms with Crippen molar-refractivity contribution < 1.29 is 5.11 Å². The van der Waals surface area contributed by atoms with Gasteiger partial charge in [-0.2, -0.15) is 4.52 Å². The van der Waals surface area contributed by atoms with E-state index in [1.165, 1.54) is 24.2 Å². The number of piperidine rings is 1. The molecule has 0 spiro atoms. The molecule has 2 aromatic heterocycles. The Kier molecular flexibility index (Phi) is 4.43. The molecule has 0 amide bonds. The minimum absolute atomic E-state index is 0.0322. The van der Waals surface area contributed by atoms with Crippen LogP contribution in [0, 0.1) is 12.8 Å². The molecule has 2 unspecified atom stereocenters. The van der Waals surface area contributed by atoms with Crippen molar-refractivity contribution in [3.05, 3.63) is 45.6 Å². The fourth-order valence-electron chi connectivity index (χ4n) is 3.69. The van der Waals surface area contributed by atoms with Crippen LogP contribution in [0.25, 0.3) is 4.96 Å². The second-order valence-electron chi connectivity index (χ2n) is 6.84. The molecule has 1 aromatic carbocycles. The zero-order valence-corrected chi connectivity index (χ0v) is 15.9. The summed E-state index contributed by atoms with van der Waals surface area (Å²) in [6.07, 6.45) is 2.41.